The Labute approximate surface area is 85.0 Å². The fourth-order valence-corrected chi connectivity index (χ4v) is 2.03. The molecule has 2 unspecified atom stereocenters. The van der Waals surface area contributed by atoms with Crippen LogP contribution in [0, 0.1) is 0 Å². The monoisotopic (exact) mass is 197 g/mol. The van der Waals surface area contributed by atoms with Gasteiger partial charge in [-0.2, -0.15) is 0 Å². The first-order valence-electron chi connectivity index (χ1n) is 5.45. The van der Waals surface area contributed by atoms with Crippen molar-refractivity contribution in [2.45, 2.75) is 38.4 Å². The third-order valence-corrected chi connectivity index (χ3v) is 3.17. The molecule has 0 saturated carbocycles. The second-order valence-corrected chi connectivity index (χ2v) is 4.44. The van der Waals surface area contributed by atoms with Gasteiger partial charge < -0.3 is 15.5 Å². The van der Waals surface area contributed by atoms with Crippen molar-refractivity contribution in [1.29, 1.82) is 0 Å². The van der Waals surface area contributed by atoms with Crippen molar-refractivity contribution < 1.29 is 4.79 Å². The van der Waals surface area contributed by atoms with Gasteiger partial charge in [-0.15, -0.1) is 0 Å². The molecule has 4 heteroatoms. The van der Waals surface area contributed by atoms with Gasteiger partial charge in [0.2, 0.25) is 5.91 Å². The summed E-state index contributed by atoms with van der Waals surface area (Å²) in [6.07, 6.45) is 1.00. The largest absolute Gasteiger partial charge is 0.336 e. The van der Waals surface area contributed by atoms with E-state index in [1.165, 1.54) is 0 Å². The van der Waals surface area contributed by atoms with Crippen LogP contribution in [0.2, 0.25) is 0 Å². The third kappa shape index (κ3) is 1.77. The van der Waals surface area contributed by atoms with Crippen molar-refractivity contribution in [3.8, 4) is 0 Å². The summed E-state index contributed by atoms with van der Waals surface area (Å²) < 4.78 is 0. The Morgan fingerprint density at radius 1 is 1.36 bits per heavy atom. The summed E-state index contributed by atoms with van der Waals surface area (Å²) in [6, 6.07) is 0.860. The Morgan fingerprint density at radius 3 is 2.64 bits per heavy atom. The average Bonchev–Trinajstić information content (AvgIpc) is 2.06. The van der Waals surface area contributed by atoms with Crippen LogP contribution < -0.4 is 10.6 Å². The predicted octanol–water partition coefficient (Wildman–Crippen LogP) is -0.443. The third-order valence-electron chi connectivity index (χ3n) is 3.17. The molecular formula is C10H19N3O. The number of carbonyl (C=O) groups excluding carboxylic acids is 1. The van der Waals surface area contributed by atoms with E-state index in [0.717, 1.165) is 26.1 Å². The molecule has 3 atom stereocenters. The van der Waals surface area contributed by atoms with Crippen LogP contribution in [0.25, 0.3) is 0 Å². The highest BCUT2D eigenvalue weighted by atomic mass is 16.2. The van der Waals surface area contributed by atoms with Gasteiger partial charge in [0.25, 0.3) is 0 Å². The Balaban J connectivity index is 1.96. The zero-order chi connectivity index (χ0) is 10.1. The van der Waals surface area contributed by atoms with Gasteiger partial charge in [0, 0.05) is 25.2 Å². The molecule has 0 bridgehead atoms. The summed E-state index contributed by atoms with van der Waals surface area (Å²) >= 11 is 0. The predicted molar refractivity (Wildman–Crippen MR) is 55.0 cm³/mol. The number of nitrogens with zero attached hydrogens (tertiary/aromatic N) is 1. The Hall–Kier alpha value is -0.610. The molecule has 0 radical (unpaired) electrons. The van der Waals surface area contributed by atoms with Crippen molar-refractivity contribution >= 4 is 5.91 Å². The van der Waals surface area contributed by atoms with Crippen LogP contribution in [0.1, 0.15) is 20.3 Å². The quantitative estimate of drug-likeness (QED) is 0.599. The van der Waals surface area contributed by atoms with Crippen molar-refractivity contribution in [1.82, 2.24) is 15.5 Å². The van der Waals surface area contributed by atoms with Crippen LogP contribution in [0.5, 0.6) is 0 Å². The van der Waals surface area contributed by atoms with Gasteiger partial charge >= 0.3 is 0 Å². The topological polar surface area (TPSA) is 44.4 Å². The van der Waals surface area contributed by atoms with Crippen LogP contribution in [0.15, 0.2) is 0 Å². The Bertz CT molecular complexity index is 227. The Morgan fingerprint density at radius 2 is 2.07 bits per heavy atom. The number of hydrogen-bond donors (Lipinski definition) is 2. The Kier molecular flexibility index (Phi) is 2.74. The fraction of sp³-hybridized carbons (Fsp3) is 0.900. The van der Waals surface area contributed by atoms with E-state index >= 15 is 0 Å². The molecule has 2 aliphatic heterocycles. The highest BCUT2D eigenvalue weighted by molar-refractivity contribution is 5.83. The summed E-state index contributed by atoms with van der Waals surface area (Å²) in [6.45, 7) is 6.99. The van der Waals surface area contributed by atoms with E-state index in [1.54, 1.807) is 0 Å². The second kappa shape index (κ2) is 3.87. The van der Waals surface area contributed by atoms with Crippen molar-refractivity contribution in [3.05, 3.63) is 0 Å². The van der Waals surface area contributed by atoms with Gasteiger partial charge in [-0.05, 0) is 26.8 Å². The smallest absolute Gasteiger partial charge is 0.240 e. The van der Waals surface area contributed by atoms with Crippen LogP contribution in [-0.4, -0.2) is 48.6 Å². The number of amides is 1. The zero-order valence-electron chi connectivity index (χ0n) is 8.92. The van der Waals surface area contributed by atoms with Gasteiger partial charge in [-0.25, -0.2) is 0 Å². The molecule has 0 aromatic carbocycles. The lowest BCUT2D eigenvalue weighted by atomic mass is 10.0. The molecule has 0 aliphatic carbocycles. The summed E-state index contributed by atoms with van der Waals surface area (Å²) in [5, 5.41) is 6.54. The summed E-state index contributed by atoms with van der Waals surface area (Å²) in [7, 11) is 0. The second-order valence-electron chi connectivity index (χ2n) is 4.44. The molecule has 0 spiro atoms. The standard InChI is InChI=1S/C10H19N3O/c1-7-6-13(8(2)5-12-7)10(14)9-3-4-11-9/h7-9,11-12H,3-6H2,1-2H3/t7?,8?,9-/m1/s1. The molecule has 2 saturated heterocycles. The first kappa shape index (κ1) is 9.93. The first-order valence-corrected chi connectivity index (χ1v) is 5.45. The molecule has 2 heterocycles. The number of rotatable bonds is 1. The molecule has 4 nitrogen and oxygen atoms in total. The van der Waals surface area contributed by atoms with E-state index in [-0.39, 0.29) is 11.9 Å². The SMILES string of the molecule is CC1CN(C(=O)[C@H]2CCN2)C(C)CN1. The molecule has 2 fully saturated rings. The maximum absolute atomic E-state index is 12.0. The first-order chi connectivity index (χ1) is 6.68. The highest BCUT2D eigenvalue weighted by Crippen LogP contribution is 2.12. The number of hydrogen-bond acceptors (Lipinski definition) is 3. The molecule has 2 N–H and O–H groups in total. The summed E-state index contributed by atoms with van der Waals surface area (Å²) in [5.41, 5.74) is 0. The summed E-state index contributed by atoms with van der Waals surface area (Å²) in [4.78, 5) is 14.0. The molecule has 0 aromatic heterocycles. The van der Waals surface area contributed by atoms with Crippen LogP contribution in [0.4, 0.5) is 0 Å². The summed E-state index contributed by atoms with van der Waals surface area (Å²) in [5.74, 6) is 0.289. The number of nitrogens with one attached hydrogen (secondary N) is 2. The minimum absolute atomic E-state index is 0.0998. The van der Waals surface area contributed by atoms with Gasteiger partial charge in [0.15, 0.2) is 0 Å². The lowest BCUT2D eigenvalue weighted by Crippen LogP contribution is -2.62. The van der Waals surface area contributed by atoms with E-state index in [1.807, 2.05) is 4.90 Å². The van der Waals surface area contributed by atoms with Gasteiger partial charge in [0.05, 0.1) is 6.04 Å². The number of piperazine rings is 1. The van der Waals surface area contributed by atoms with E-state index in [9.17, 15) is 4.79 Å². The lowest BCUT2D eigenvalue weighted by Gasteiger charge is -2.41. The molecule has 80 valence electrons. The van der Waals surface area contributed by atoms with Crippen LogP contribution >= 0.6 is 0 Å². The van der Waals surface area contributed by atoms with E-state index in [2.05, 4.69) is 24.5 Å². The van der Waals surface area contributed by atoms with Crippen LogP contribution in [-0.2, 0) is 4.79 Å². The van der Waals surface area contributed by atoms with E-state index in [4.69, 9.17) is 0 Å². The molecule has 1 amide bonds. The normalized spacial score (nSPS) is 37.9. The molecule has 0 aromatic rings. The maximum Gasteiger partial charge on any atom is 0.240 e. The zero-order valence-corrected chi connectivity index (χ0v) is 8.92. The average molecular weight is 197 g/mol. The molecule has 14 heavy (non-hydrogen) atoms. The lowest BCUT2D eigenvalue weighted by molar-refractivity contribution is -0.138. The van der Waals surface area contributed by atoms with Crippen molar-refractivity contribution in [2.24, 2.45) is 0 Å². The minimum Gasteiger partial charge on any atom is -0.336 e. The van der Waals surface area contributed by atoms with Crippen molar-refractivity contribution in [2.75, 3.05) is 19.6 Å². The van der Waals surface area contributed by atoms with Gasteiger partial charge in [-0.3, -0.25) is 4.79 Å². The highest BCUT2D eigenvalue weighted by Gasteiger charge is 2.33. The molecule has 2 rings (SSSR count). The van der Waals surface area contributed by atoms with Crippen molar-refractivity contribution in [3.63, 3.8) is 0 Å². The van der Waals surface area contributed by atoms with E-state index < -0.39 is 0 Å². The number of carbonyl (C=O) groups is 1. The fourth-order valence-electron chi connectivity index (χ4n) is 2.03. The van der Waals surface area contributed by atoms with Gasteiger partial charge in [-0.1, -0.05) is 0 Å². The maximum atomic E-state index is 12.0. The molecule has 2 aliphatic rings. The molecular weight excluding hydrogens is 178 g/mol. The van der Waals surface area contributed by atoms with E-state index in [0.29, 0.717) is 12.1 Å². The van der Waals surface area contributed by atoms with Crippen LogP contribution in [0.3, 0.4) is 0 Å². The van der Waals surface area contributed by atoms with Gasteiger partial charge in [0.1, 0.15) is 0 Å². The minimum atomic E-state index is 0.0998.